The number of pyridine rings is 1. The van der Waals surface area contributed by atoms with E-state index in [9.17, 15) is 17.2 Å². The van der Waals surface area contributed by atoms with Gasteiger partial charge in [-0.1, -0.05) is 29.8 Å². The van der Waals surface area contributed by atoms with E-state index in [1.165, 1.54) is 36.5 Å². The van der Waals surface area contributed by atoms with Gasteiger partial charge >= 0.3 is 0 Å². The summed E-state index contributed by atoms with van der Waals surface area (Å²) in [5.41, 5.74) is -0.320. The highest BCUT2D eigenvalue weighted by molar-refractivity contribution is 7.92. The fourth-order valence-electron chi connectivity index (χ4n) is 4.97. The third-order valence-electron chi connectivity index (χ3n) is 7.21. The molecule has 0 aliphatic heterocycles. The average Bonchev–Trinajstić information content (AvgIpc) is 2.94. The highest BCUT2D eigenvalue weighted by Gasteiger charge is 2.24. The van der Waals surface area contributed by atoms with Crippen molar-refractivity contribution in [1.82, 2.24) is 19.9 Å². The van der Waals surface area contributed by atoms with Crippen molar-refractivity contribution in [2.45, 2.75) is 49.1 Å². The van der Waals surface area contributed by atoms with E-state index < -0.39 is 22.3 Å². The SMILES string of the molecule is CN(C)C1CCC(Nc2ncc3nc(-c4ccc(NS(=O)(=O)c5ccccc5Cl)c(F)c4)cc(C(F)F)c3n2)CC1. The van der Waals surface area contributed by atoms with Crippen molar-refractivity contribution in [3.8, 4) is 11.3 Å². The molecule has 1 fully saturated rings. The summed E-state index contributed by atoms with van der Waals surface area (Å²) in [4.78, 5) is 15.0. The smallest absolute Gasteiger partial charge is 0.266 e. The highest BCUT2D eigenvalue weighted by atomic mass is 35.5. The van der Waals surface area contributed by atoms with Gasteiger partial charge in [-0.25, -0.2) is 36.5 Å². The Morgan fingerprint density at radius 2 is 1.76 bits per heavy atom. The normalized spacial score (nSPS) is 17.8. The van der Waals surface area contributed by atoms with E-state index in [-0.39, 0.29) is 55.4 Å². The van der Waals surface area contributed by atoms with E-state index >= 15 is 4.39 Å². The van der Waals surface area contributed by atoms with Crippen LogP contribution >= 0.6 is 11.6 Å². The van der Waals surface area contributed by atoms with Crippen molar-refractivity contribution in [2.75, 3.05) is 24.1 Å². The molecule has 8 nitrogen and oxygen atoms in total. The Morgan fingerprint density at radius 1 is 1.02 bits per heavy atom. The van der Waals surface area contributed by atoms with Crippen molar-refractivity contribution in [2.24, 2.45) is 0 Å². The summed E-state index contributed by atoms with van der Waals surface area (Å²) in [5.74, 6) is -0.665. The van der Waals surface area contributed by atoms with Gasteiger partial charge in [0.25, 0.3) is 16.4 Å². The van der Waals surface area contributed by atoms with Gasteiger partial charge in [0.1, 0.15) is 21.7 Å². The topological polar surface area (TPSA) is 100 Å². The van der Waals surface area contributed by atoms with E-state index in [1.807, 2.05) is 0 Å². The van der Waals surface area contributed by atoms with Gasteiger partial charge in [-0.3, -0.25) is 4.72 Å². The van der Waals surface area contributed by atoms with Gasteiger partial charge in [-0.2, -0.15) is 0 Å². The molecule has 1 aliphatic rings. The molecule has 2 heterocycles. The number of alkyl halides is 2. The first-order valence-electron chi connectivity index (χ1n) is 13.0. The van der Waals surface area contributed by atoms with E-state index in [0.717, 1.165) is 37.8 Å². The quantitative estimate of drug-likeness (QED) is 0.237. The molecule has 5 rings (SSSR count). The second kappa shape index (κ2) is 11.8. The number of rotatable bonds is 8. The lowest BCUT2D eigenvalue weighted by Gasteiger charge is -2.32. The van der Waals surface area contributed by atoms with Crippen molar-refractivity contribution in [1.29, 1.82) is 0 Å². The van der Waals surface area contributed by atoms with Gasteiger partial charge < -0.3 is 10.2 Å². The van der Waals surface area contributed by atoms with Crippen LogP contribution in [-0.2, 0) is 10.0 Å². The number of halogens is 4. The van der Waals surface area contributed by atoms with Crippen molar-refractivity contribution in [3.63, 3.8) is 0 Å². The number of fused-ring (bicyclic) bond motifs is 1. The van der Waals surface area contributed by atoms with Crippen LogP contribution in [0.1, 0.15) is 37.7 Å². The number of anilines is 2. The monoisotopic (exact) mass is 604 g/mol. The molecular formula is C28H28ClF3N6O2S. The predicted molar refractivity (Wildman–Crippen MR) is 153 cm³/mol. The molecular weight excluding hydrogens is 577 g/mol. The molecule has 1 saturated carbocycles. The minimum Gasteiger partial charge on any atom is -0.351 e. The molecule has 216 valence electrons. The number of hydrogen-bond donors (Lipinski definition) is 2. The van der Waals surface area contributed by atoms with Gasteiger partial charge in [0, 0.05) is 23.2 Å². The summed E-state index contributed by atoms with van der Waals surface area (Å²) in [6.45, 7) is 0. The summed E-state index contributed by atoms with van der Waals surface area (Å²) in [5, 5.41) is 3.25. The lowest BCUT2D eigenvalue weighted by atomic mass is 9.91. The van der Waals surface area contributed by atoms with Crippen LogP contribution < -0.4 is 10.0 Å². The molecule has 41 heavy (non-hydrogen) atoms. The van der Waals surface area contributed by atoms with Gasteiger partial charge in [0.2, 0.25) is 5.95 Å². The largest absolute Gasteiger partial charge is 0.351 e. The van der Waals surface area contributed by atoms with Crippen molar-refractivity contribution in [3.05, 3.63) is 71.1 Å². The standard InChI is InChI=1S/C28H28ClF3N6O2S/c1-38(2)18-10-8-17(9-11-18)34-28-33-15-24-26(36-28)19(27(31)32)14-23(35-24)16-7-12-22(21(30)13-16)37-41(39,40)25-6-4-3-5-20(25)29/h3-7,12-15,17-18,27,37H,8-11H2,1-2H3,(H,33,34,36). The fourth-order valence-corrected chi connectivity index (χ4v) is 6.56. The van der Waals surface area contributed by atoms with Crippen molar-refractivity contribution < 1.29 is 21.6 Å². The maximum Gasteiger partial charge on any atom is 0.266 e. The lowest BCUT2D eigenvalue weighted by Crippen LogP contribution is -2.36. The molecule has 0 amide bonds. The molecule has 2 N–H and O–H groups in total. The Bertz CT molecular complexity index is 1680. The first-order valence-corrected chi connectivity index (χ1v) is 14.8. The summed E-state index contributed by atoms with van der Waals surface area (Å²) in [6, 6.07) is 11.2. The number of sulfonamides is 1. The minimum atomic E-state index is -4.17. The van der Waals surface area contributed by atoms with Crippen LogP contribution in [0.25, 0.3) is 22.3 Å². The molecule has 0 saturated heterocycles. The second-order valence-corrected chi connectivity index (χ2v) is 12.2. The Kier molecular flexibility index (Phi) is 8.35. The van der Waals surface area contributed by atoms with Crippen LogP contribution in [0.4, 0.5) is 24.8 Å². The Morgan fingerprint density at radius 3 is 2.41 bits per heavy atom. The molecule has 0 bridgehead atoms. The lowest BCUT2D eigenvalue weighted by molar-refractivity contribution is 0.153. The number of nitrogens with zero attached hydrogens (tertiary/aromatic N) is 4. The van der Waals surface area contributed by atoms with E-state index in [2.05, 4.69) is 44.0 Å². The van der Waals surface area contributed by atoms with E-state index in [4.69, 9.17) is 11.6 Å². The molecule has 0 radical (unpaired) electrons. The maximum atomic E-state index is 15.0. The molecule has 0 spiro atoms. The zero-order valence-electron chi connectivity index (χ0n) is 22.3. The second-order valence-electron chi connectivity index (χ2n) is 10.2. The molecule has 2 aromatic carbocycles. The van der Waals surface area contributed by atoms with Gasteiger partial charge in [0.05, 0.1) is 22.6 Å². The fraction of sp³-hybridized carbons (Fsp3) is 0.321. The number of nitrogens with one attached hydrogen (secondary N) is 2. The summed E-state index contributed by atoms with van der Waals surface area (Å²) >= 11 is 5.98. The number of hydrogen-bond acceptors (Lipinski definition) is 7. The summed E-state index contributed by atoms with van der Waals surface area (Å²) < 4.78 is 70.9. The number of benzene rings is 2. The van der Waals surface area contributed by atoms with Gasteiger partial charge in [-0.15, -0.1) is 0 Å². The third kappa shape index (κ3) is 6.39. The minimum absolute atomic E-state index is 0.00724. The van der Waals surface area contributed by atoms with Crippen LogP contribution in [0.15, 0.2) is 59.6 Å². The van der Waals surface area contributed by atoms with E-state index in [1.54, 1.807) is 6.07 Å². The Balaban J connectivity index is 1.40. The van der Waals surface area contributed by atoms with Crippen LogP contribution in [0.5, 0.6) is 0 Å². The van der Waals surface area contributed by atoms with E-state index in [0.29, 0.717) is 6.04 Å². The van der Waals surface area contributed by atoms with Crippen molar-refractivity contribution >= 4 is 44.3 Å². The summed E-state index contributed by atoms with van der Waals surface area (Å²) in [6.07, 6.45) is 2.36. The zero-order valence-corrected chi connectivity index (χ0v) is 23.9. The summed E-state index contributed by atoms with van der Waals surface area (Å²) in [7, 11) is -0.0538. The van der Waals surface area contributed by atoms with Gasteiger partial charge in [0.15, 0.2) is 0 Å². The third-order valence-corrected chi connectivity index (χ3v) is 9.07. The molecule has 2 aromatic heterocycles. The van der Waals surface area contributed by atoms with Gasteiger partial charge in [-0.05, 0) is 70.1 Å². The molecule has 13 heteroatoms. The Hall–Kier alpha value is -3.48. The maximum absolute atomic E-state index is 15.0. The number of aromatic nitrogens is 3. The Labute approximate surface area is 241 Å². The molecule has 1 aliphatic carbocycles. The van der Waals surface area contributed by atoms with Crippen LogP contribution in [0.2, 0.25) is 5.02 Å². The van der Waals surface area contributed by atoms with Crippen LogP contribution in [-0.4, -0.2) is 54.4 Å². The average molecular weight is 605 g/mol. The van der Waals surface area contributed by atoms with Crippen LogP contribution in [0, 0.1) is 5.82 Å². The first kappa shape index (κ1) is 29.0. The predicted octanol–water partition coefficient (Wildman–Crippen LogP) is 6.51. The highest BCUT2D eigenvalue weighted by Crippen LogP contribution is 2.33. The zero-order chi connectivity index (χ0) is 29.3. The van der Waals surface area contributed by atoms with Crippen LogP contribution in [0.3, 0.4) is 0 Å². The first-order chi connectivity index (χ1) is 19.5. The molecule has 4 aromatic rings. The molecule has 0 unspecified atom stereocenters. The molecule has 0 atom stereocenters.